The molecular weight excluding hydrogens is 338 g/mol. The molecule has 3 heterocycles. The van der Waals surface area contributed by atoms with Crippen LogP contribution in [-0.4, -0.2) is 15.5 Å². The van der Waals surface area contributed by atoms with E-state index in [0.717, 1.165) is 10.2 Å². The van der Waals surface area contributed by atoms with E-state index in [4.69, 9.17) is 4.42 Å². The number of carbonyl (C=O) groups excluding carboxylic acids is 1. The summed E-state index contributed by atoms with van der Waals surface area (Å²) in [5.74, 6) is 0.340. The van der Waals surface area contributed by atoms with Crippen LogP contribution in [0.25, 0.3) is 10.2 Å². The van der Waals surface area contributed by atoms with Gasteiger partial charge in [-0.1, -0.05) is 29.5 Å². The number of carbonyl (C=O) groups is 1. The Morgan fingerprint density at radius 1 is 1.12 bits per heavy atom. The second-order valence-corrected chi connectivity index (χ2v) is 6.40. The number of pyridine rings is 1. The number of para-hydroxylation sites is 1. The van der Waals surface area contributed by atoms with Crippen LogP contribution in [-0.2, 0) is 6.54 Å². The zero-order valence-electron chi connectivity index (χ0n) is 13.0. The minimum Gasteiger partial charge on any atom is -0.454 e. The van der Waals surface area contributed by atoms with E-state index in [2.05, 4.69) is 10.3 Å². The average molecular weight is 351 g/mol. The Kier molecular flexibility index (Phi) is 3.91. The van der Waals surface area contributed by atoms with Crippen LogP contribution in [0.15, 0.2) is 70.0 Å². The molecule has 1 aromatic carbocycles. The van der Waals surface area contributed by atoms with Crippen LogP contribution in [0.1, 0.15) is 16.3 Å². The molecule has 25 heavy (non-hydrogen) atoms. The molecule has 0 fully saturated rings. The number of hydrogen-bond acceptors (Lipinski definition) is 5. The van der Waals surface area contributed by atoms with Crippen molar-refractivity contribution in [1.82, 2.24) is 9.55 Å². The first-order valence-electron chi connectivity index (χ1n) is 7.60. The van der Waals surface area contributed by atoms with E-state index in [0.29, 0.717) is 10.9 Å². The van der Waals surface area contributed by atoms with Crippen molar-refractivity contribution in [2.45, 2.75) is 6.54 Å². The van der Waals surface area contributed by atoms with Crippen LogP contribution in [0.4, 0.5) is 5.13 Å². The van der Waals surface area contributed by atoms with Gasteiger partial charge in [-0.15, -0.1) is 0 Å². The number of thiazole rings is 1. The number of nitrogens with zero attached hydrogens (tertiary/aromatic N) is 2. The third-order valence-electron chi connectivity index (χ3n) is 3.62. The first kappa shape index (κ1) is 15.3. The number of benzene rings is 1. The van der Waals surface area contributed by atoms with Crippen molar-refractivity contribution in [2.24, 2.45) is 0 Å². The minimum absolute atomic E-state index is 0.126. The number of amides is 1. The summed E-state index contributed by atoms with van der Waals surface area (Å²) in [6.07, 6.45) is 1.67. The molecule has 0 bridgehead atoms. The predicted octanol–water partition coefficient (Wildman–Crippen LogP) is 3.35. The van der Waals surface area contributed by atoms with Gasteiger partial charge in [-0.2, -0.15) is 0 Å². The van der Waals surface area contributed by atoms with Crippen molar-refractivity contribution in [1.29, 1.82) is 0 Å². The van der Waals surface area contributed by atoms with E-state index < -0.39 is 0 Å². The number of anilines is 1. The second kappa shape index (κ2) is 6.37. The number of furan rings is 1. The van der Waals surface area contributed by atoms with Crippen LogP contribution < -0.4 is 10.9 Å². The Bertz CT molecular complexity index is 1080. The molecule has 0 aliphatic rings. The van der Waals surface area contributed by atoms with Gasteiger partial charge in [0.1, 0.15) is 5.76 Å². The molecule has 4 rings (SSSR count). The standard InChI is InChI=1S/C18H13N3O3S/c22-16-7-3-4-10-21(16)11-12-8-9-14(24-12)17(23)20-18-19-13-5-1-2-6-15(13)25-18/h1-10H,11H2,(H,19,20,23). The Labute approximate surface area is 146 Å². The summed E-state index contributed by atoms with van der Waals surface area (Å²) in [4.78, 5) is 28.4. The molecular formula is C18H13N3O3S. The Morgan fingerprint density at radius 2 is 1.96 bits per heavy atom. The fourth-order valence-corrected chi connectivity index (χ4v) is 3.29. The van der Waals surface area contributed by atoms with Gasteiger partial charge in [0.25, 0.3) is 11.5 Å². The molecule has 0 saturated carbocycles. The molecule has 6 nitrogen and oxygen atoms in total. The number of hydrogen-bond donors (Lipinski definition) is 1. The van der Waals surface area contributed by atoms with Crippen molar-refractivity contribution >= 4 is 32.6 Å². The third kappa shape index (κ3) is 3.22. The summed E-state index contributed by atoms with van der Waals surface area (Å²) in [7, 11) is 0. The molecule has 0 radical (unpaired) electrons. The van der Waals surface area contributed by atoms with Crippen molar-refractivity contribution in [2.75, 3.05) is 5.32 Å². The normalized spacial score (nSPS) is 10.9. The molecule has 4 aromatic rings. The lowest BCUT2D eigenvalue weighted by Gasteiger charge is -2.02. The van der Waals surface area contributed by atoms with Crippen molar-refractivity contribution in [3.63, 3.8) is 0 Å². The highest BCUT2D eigenvalue weighted by Gasteiger charge is 2.14. The van der Waals surface area contributed by atoms with E-state index >= 15 is 0 Å². The number of rotatable bonds is 4. The smallest absolute Gasteiger partial charge is 0.293 e. The topological polar surface area (TPSA) is 77.1 Å². The van der Waals surface area contributed by atoms with Crippen molar-refractivity contribution in [3.8, 4) is 0 Å². The third-order valence-corrected chi connectivity index (χ3v) is 4.58. The van der Waals surface area contributed by atoms with E-state index in [1.165, 1.54) is 22.0 Å². The highest BCUT2D eigenvalue weighted by atomic mass is 32.1. The molecule has 0 atom stereocenters. The monoisotopic (exact) mass is 351 g/mol. The molecule has 124 valence electrons. The summed E-state index contributed by atoms with van der Waals surface area (Å²) in [6, 6.07) is 15.9. The maximum Gasteiger partial charge on any atom is 0.293 e. The van der Waals surface area contributed by atoms with Gasteiger partial charge < -0.3 is 8.98 Å². The molecule has 0 saturated heterocycles. The first-order chi connectivity index (χ1) is 12.2. The fourth-order valence-electron chi connectivity index (χ4n) is 2.43. The molecule has 0 aliphatic carbocycles. The van der Waals surface area contributed by atoms with E-state index in [1.807, 2.05) is 24.3 Å². The van der Waals surface area contributed by atoms with Gasteiger partial charge >= 0.3 is 0 Å². The van der Waals surface area contributed by atoms with Gasteiger partial charge in [-0.3, -0.25) is 14.9 Å². The summed E-state index contributed by atoms with van der Waals surface area (Å²) in [5, 5.41) is 3.26. The van der Waals surface area contributed by atoms with Gasteiger partial charge in [-0.25, -0.2) is 4.98 Å². The van der Waals surface area contributed by atoms with Crippen molar-refractivity contribution < 1.29 is 9.21 Å². The molecule has 0 unspecified atom stereocenters. The number of fused-ring (bicyclic) bond motifs is 1. The van der Waals surface area contributed by atoms with Gasteiger partial charge in [-0.05, 0) is 30.3 Å². The molecule has 0 aliphatic heterocycles. The van der Waals surface area contributed by atoms with Crippen molar-refractivity contribution in [3.05, 3.63) is 82.7 Å². The maximum absolute atomic E-state index is 12.3. The number of nitrogens with one attached hydrogen (secondary N) is 1. The van der Waals surface area contributed by atoms with Gasteiger partial charge in [0.15, 0.2) is 10.9 Å². The lowest BCUT2D eigenvalue weighted by atomic mass is 10.3. The maximum atomic E-state index is 12.3. The second-order valence-electron chi connectivity index (χ2n) is 5.37. The summed E-state index contributed by atoms with van der Waals surface area (Å²) in [6.45, 7) is 0.272. The number of aromatic nitrogens is 2. The molecule has 0 spiro atoms. The summed E-state index contributed by atoms with van der Waals surface area (Å²) >= 11 is 1.40. The van der Waals surface area contributed by atoms with Crippen LogP contribution >= 0.6 is 11.3 Å². The van der Waals surface area contributed by atoms with Gasteiger partial charge in [0.05, 0.1) is 16.8 Å². The Balaban J connectivity index is 1.50. The van der Waals surface area contributed by atoms with E-state index in [-0.39, 0.29) is 23.8 Å². The van der Waals surface area contributed by atoms with E-state index in [1.54, 1.807) is 30.5 Å². The lowest BCUT2D eigenvalue weighted by Crippen LogP contribution is -2.18. The first-order valence-corrected chi connectivity index (χ1v) is 8.42. The largest absolute Gasteiger partial charge is 0.454 e. The molecule has 7 heteroatoms. The van der Waals surface area contributed by atoms with Crippen LogP contribution in [0, 0.1) is 0 Å². The van der Waals surface area contributed by atoms with E-state index in [9.17, 15) is 9.59 Å². The zero-order valence-corrected chi connectivity index (χ0v) is 13.8. The molecule has 3 aromatic heterocycles. The molecule has 1 amide bonds. The Morgan fingerprint density at radius 3 is 2.80 bits per heavy atom. The fraction of sp³-hybridized carbons (Fsp3) is 0.0556. The SMILES string of the molecule is O=C(Nc1nc2ccccc2s1)c1ccc(Cn2ccccc2=O)o1. The van der Waals surface area contributed by atoms with Gasteiger partial charge in [0, 0.05) is 12.3 Å². The predicted molar refractivity (Wildman–Crippen MR) is 96.1 cm³/mol. The van der Waals surface area contributed by atoms with Crippen LogP contribution in [0.2, 0.25) is 0 Å². The summed E-state index contributed by atoms with van der Waals surface area (Å²) < 4.78 is 8.07. The Hall–Kier alpha value is -3.19. The van der Waals surface area contributed by atoms with Gasteiger partial charge in [0.2, 0.25) is 0 Å². The quantitative estimate of drug-likeness (QED) is 0.612. The van der Waals surface area contributed by atoms with Crippen LogP contribution in [0.3, 0.4) is 0 Å². The van der Waals surface area contributed by atoms with Crippen LogP contribution in [0.5, 0.6) is 0 Å². The lowest BCUT2D eigenvalue weighted by molar-refractivity contribution is 0.0995. The highest BCUT2D eigenvalue weighted by molar-refractivity contribution is 7.22. The minimum atomic E-state index is -0.370. The highest BCUT2D eigenvalue weighted by Crippen LogP contribution is 2.25. The zero-order chi connectivity index (χ0) is 17.2. The molecule has 1 N–H and O–H groups in total. The summed E-state index contributed by atoms with van der Waals surface area (Å²) in [5.41, 5.74) is 0.714. The average Bonchev–Trinajstić information content (AvgIpc) is 3.23.